The van der Waals surface area contributed by atoms with E-state index >= 15 is 0 Å². The van der Waals surface area contributed by atoms with E-state index in [9.17, 15) is 0 Å². The summed E-state index contributed by atoms with van der Waals surface area (Å²) in [6, 6.07) is 2.30. The second-order valence-electron chi connectivity index (χ2n) is 4.05. The molecule has 0 aliphatic carbocycles. The topological polar surface area (TPSA) is 0 Å². The van der Waals surface area contributed by atoms with Gasteiger partial charge < -0.3 is 0 Å². The zero-order chi connectivity index (χ0) is 9.90. The minimum atomic E-state index is 0.416. The van der Waals surface area contributed by atoms with E-state index < -0.39 is 0 Å². The van der Waals surface area contributed by atoms with Crippen molar-refractivity contribution < 1.29 is 0 Å². The van der Waals surface area contributed by atoms with Crippen molar-refractivity contribution in [1.29, 1.82) is 0 Å². The number of aryl methyl sites for hydroxylation is 1. The van der Waals surface area contributed by atoms with Crippen LogP contribution in [0.25, 0.3) is 0 Å². The highest BCUT2D eigenvalue weighted by atomic mass is 32.1. The maximum Gasteiger partial charge on any atom is 0.00517 e. The Bertz CT molecular complexity index is 262. The Balaban J connectivity index is 2.95. The lowest BCUT2D eigenvalue weighted by atomic mass is 9.77. The van der Waals surface area contributed by atoms with Gasteiger partial charge in [0.05, 0.1) is 0 Å². The normalized spacial score (nSPS) is 15.7. The molecule has 0 saturated heterocycles. The largest absolute Gasteiger partial charge is 0.149 e. The van der Waals surface area contributed by atoms with Crippen molar-refractivity contribution in [3.63, 3.8) is 0 Å². The van der Waals surface area contributed by atoms with Gasteiger partial charge in [-0.2, -0.15) is 0 Å². The van der Waals surface area contributed by atoms with Crippen LogP contribution in [0.3, 0.4) is 0 Å². The van der Waals surface area contributed by atoms with E-state index in [1.165, 1.54) is 24.1 Å². The molecule has 0 spiro atoms. The molecule has 1 unspecified atom stereocenters. The summed E-state index contributed by atoms with van der Waals surface area (Å²) >= 11 is 1.87. The highest BCUT2D eigenvalue weighted by molar-refractivity contribution is 7.10. The molecule has 0 radical (unpaired) electrons. The van der Waals surface area contributed by atoms with E-state index in [1.54, 1.807) is 5.56 Å². The van der Waals surface area contributed by atoms with Gasteiger partial charge in [-0.05, 0) is 42.2 Å². The van der Waals surface area contributed by atoms with Crippen molar-refractivity contribution in [3.05, 3.63) is 21.9 Å². The third-order valence-electron chi connectivity index (χ3n) is 3.09. The van der Waals surface area contributed by atoms with Gasteiger partial charge in [-0.1, -0.05) is 27.2 Å². The van der Waals surface area contributed by atoms with E-state index in [2.05, 4.69) is 39.1 Å². The Morgan fingerprint density at radius 2 is 2.08 bits per heavy atom. The molecule has 1 heteroatoms. The Kier molecular flexibility index (Phi) is 3.55. The molecule has 13 heavy (non-hydrogen) atoms. The summed E-state index contributed by atoms with van der Waals surface area (Å²) in [6.07, 6.45) is 3.83. The van der Waals surface area contributed by atoms with Crippen molar-refractivity contribution in [2.75, 3.05) is 0 Å². The van der Waals surface area contributed by atoms with Gasteiger partial charge in [-0.25, -0.2) is 0 Å². The summed E-state index contributed by atoms with van der Waals surface area (Å²) in [5, 5.41) is 2.22. The van der Waals surface area contributed by atoms with Crippen LogP contribution in [0.1, 0.15) is 50.5 Å². The van der Waals surface area contributed by atoms with Crippen molar-refractivity contribution >= 4 is 11.3 Å². The fourth-order valence-corrected chi connectivity index (χ4v) is 2.91. The van der Waals surface area contributed by atoms with Crippen LogP contribution in [0, 0.1) is 6.92 Å². The van der Waals surface area contributed by atoms with Crippen molar-refractivity contribution in [2.45, 2.75) is 52.4 Å². The molecule has 0 fully saturated rings. The maximum atomic E-state index is 2.39. The smallest absolute Gasteiger partial charge is 0.00517 e. The summed E-state index contributed by atoms with van der Waals surface area (Å²) in [5.74, 6) is 0. The average molecular weight is 196 g/mol. The standard InChI is InChI=1S/C12H20S/c1-5-8-12(4,6-2)11-7-9-13-10(11)3/h7,9H,5-6,8H2,1-4H3. The van der Waals surface area contributed by atoms with Crippen LogP contribution in [0.5, 0.6) is 0 Å². The molecule has 0 N–H and O–H groups in total. The first kappa shape index (κ1) is 10.8. The van der Waals surface area contributed by atoms with Gasteiger partial charge >= 0.3 is 0 Å². The van der Waals surface area contributed by atoms with Crippen LogP contribution in [0.15, 0.2) is 11.4 Å². The van der Waals surface area contributed by atoms with Crippen molar-refractivity contribution in [2.24, 2.45) is 0 Å². The number of rotatable bonds is 4. The molecule has 1 atom stereocenters. The lowest BCUT2D eigenvalue weighted by molar-refractivity contribution is 0.413. The van der Waals surface area contributed by atoms with E-state index in [1.807, 2.05) is 11.3 Å². The molecule has 1 heterocycles. The lowest BCUT2D eigenvalue weighted by Gasteiger charge is -2.28. The van der Waals surface area contributed by atoms with E-state index in [4.69, 9.17) is 0 Å². The molecule has 1 aromatic heterocycles. The SMILES string of the molecule is CCCC(C)(CC)c1ccsc1C. The molecular weight excluding hydrogens is 176 g/mol. The Hall–Kier alpha value is -0.300. The molecule has 0 amide bonds. The Labute approximate surface area is 86.0 Å². The van der Waals surface area contributed by atoms with Gasteiger partial charge in [0.25, 0.3) is 0 Å². The maximum absolute atomic E-state index is 2.39. The van der Waals surface area contributed by atoms with Crippen LogP contribution < -0.4 is 0 Å². The summed E-state index contributed by atoms with van der Waals surface area (Å²) < 4.78 is 0. The average Bonchev–Trinajstić information content (AvgIpc) is 2.52. The van der Waals surface area contributed by atoms with Crippen LogP contribution in [0.4, 0.5) is 0 Å². The summed E-state index contributed by atoms with van der Waals surface area (Å²) in [7, 11) is 0. The highest BCUT2D eigenvalue weighted by Crippen LogP contribution is 2.36. The zero-order valence-electron chi connectivity index (χ0n) is 9.18. The third-order valence-corrected chi connectivity index (χ3v) is 3.94. The van der Waals surface area contributed by atoms with E-state index in [0.29, 0.717) is 5.41 Å². The molecule has 1 rings (SSSR count). The van der Waals surface area contributed by atoms with E-state index in [0.717, 1.165) is 0 Å². The first-order chi connectivity index (χ1) is 6.14. The Morgan fingerprint density at radius 1 is 1.38 bits per heavy atom. The molecule has 0 saturated carbocycles. The first-order valence-corrected chi connectivity index (χ1v) is 6.06. The molecule has 0 aromatic carbocycles. The second-order valence-corrected chi connectivity index (χ2v) is 5.17. The van der Waals surface area contributed by atoms with Gasteiger partial charge in [0.1, 0.15) is 0 Å². The van der Waals surface area contributed by atoms with Crippen LogP contribution in [-0.4, -0.2) is 0 Å². The molecule has 74 valence electrons. The molecule has 0 aliphatic heterocycles. The number of hydrogen-bond acceptors (Lipinski definition) is 1. The zero-order valence-corrected chi connectivity index (χ0v) is 10.0. The van der Waals surface area contributed by atoms with Gasteiger partial charge in [0.2, 0.25) is 0 Å². The summed E-state index contributed by atoms with van der Waals surface area (Å²) in [6.45, 7) is 9.21. The quantitative estimate of drug-likeness (QED) is 0.664. The fraction of sp³-hybridized carbons (Fsp3) is 0.667. The van der Waals surface area contributed by atoms with Crippen LogP contribution in [0.2, 0.25) is 0 Å². The first-order valence-electron chi connectivity index (χ1n) is 5.18. The van der Waals surface area contributed by atoms with Crippen molar-refractivity contribution in [1.82, 2.24) is 0 Å². The minimum Gasteiger partial charge on any atom is -0.149 e. The monoisotopic (exact) mass is 196 g/mol. The summed E-state index contributed by atoms with van der Waals surface area (Å²) in [5.41, 5.74) is 1.99. The highest BCUT2D eigenvalue weighted by Gasteiger charge is 2.25. The fourth-order valence-electron chi connectivity index (χ4n) is 2.06. The second kappa shape index (κ2) is 4.28. The van der Waals surface area contributed by atoms with Gasteiger partial charge in [0.15, 0.2) is 0 Å². The molecule has 0 aliphatic rings. The lowest BCUT2D eigenvalue weighted by Crippen LogP contribution is -2.20. The van der Waals surface area contributed by atoms with Crippen molar-refractivity contribution in [3.8, 4) is 0 Å². The molecule has 0 nitrogen and oxygen atoms in total. The predicted molar refractivity (Wildman–Crippen MR) is 61.6 cm³/mol. The Morgan fingerprint density at radius 3 is 2.46 bits per heavy atom. The molecular formula is C12H20S. The predicted octanol–water partition coefficient (Wildman–Crippen LogP) is 4.52. The molecule has 0 bridgehead atoms. The third kappa shape index (κ3) is 2.14. The van der Waals surface area contributed by atoms with Crippen LogP contribution in [-0.2, 0) is 5.41 Å². The molecule has 1 aromatic rings. The van der Waals surface area contributed by atoms with Gasteiger partial charge in [0, 0.05) is 4.88 Å². The van der Waals surface area contributed by atoms with E-state index in [-0.39, 0.29) is 0 Å². The summed E-state index contributed by atoms with van der Waals surface area (Å²) in [4.78, 5) is 1.50. The minimum absolute atomic E-state index is 0.416. The van der Waals surface area contributed by atoms with Gasteiger partial charge in [-0.3, -0.25) is 0 Å². The van der Waals surface area contributed by atoms with Gasteiger partial charge in [-0.15, -0.1) is 11.3 Å². The van der Waals surface area contributed by atoms with Crippen LogP contribution >= 0.6 is 11.3 Å². The number of hydrogen-bond donors (Lipinski definition) is 0. The number of thiophene rings is 1.